The van der Waals surface area contributed by atoms with Gasteiger partial charge in [-0.05, 0) is 26.3 Å². The standard InChI is InChI=1S/C18H20N6O/c1-5-6-14-20-11(2)16-18(23-10-9-19-12(23)3)21-13-7-8-15(25-4)22-17(13)24(14)16/h7-10H,5-6H2,1-4H3. The van der Waals surface area contributed by atoms with E-state index in [2.05, 4.69) is 21.3 Å². The Bertz CT molecular complexity index is 1080. The smallest absolute Gasteiger partial charge is 0.215 e. The van der Waals surface area contributed by atoms with Crippen molar-refractivity contribution in [2.24, 2.45) is 0 Å². The van der Waals surface area contributed by atoms with Crippen LogP contribution < -0.4 is 4.74 Å². The van der Waals surface area contributed by atoms with Crippen molar-refractivity contribution in [1.82, 2.24) is 28.9 Å². The molecule has 0 atom stereocenters. The number of methoxy groups -OCH3 is 1. The topological polar surface area (TPSA) is 70.1 Å². The summed E-state index contributed by atoms with van der Waals surface area (Å²) in [5.41, 5.74) is 3.45. The van der Waals surface area contributed by atoms with Crippen molar-refractivity contribution in [3.8, 4) is 11.7 Å². The number of ether oxygens (including phenoxy) is 1. The molecule has 0 N–H and O–H groups in total. The Balaban J connectivity index is 2.18. The Morgan fingerprint density at radius 1 is 1.12 bits per heavy atom. The third-order valence-corrected chi connectivity index (χ3v) is 4.34. The van der Waals surface area contributed by atoms with Crippen LogP contribution in [0, 0.1) is 13.8 Å². The Morgan fingerprint density at radius 2 is 1.96 bits per heavy atom. The van der Waals surface area contributed by atoms with Gasteiger partial charge in [0.1, 0.15) is 22.7 Å². The molecule has 0 saturated heterocycles. The number of nitrogens with zero attached hydrogens (tertiary/aromatic N) is 6. The summed E-state index contributed by atoms with van der Waals surface area (Å²) in [6.07, 6.45) is 5.58. The van der Waals surface area contributed by atoms with E-state index in [1.54, 1.807) is 13.3 Å². The highest BCUT2D eigenvalue weighted by Crippen LogP contribution is 2.27. The molecule has 0 amide bonds. The second-order valence-corrected chi connectivity index (χ2v) is 6.02. The zero-order valence-corrected chi connectivity index (χ0v) is 14.8. The molecular formula is C18H20N6O. The SMILES string of the molecule is CCCc1nc(C)c2c(-n3ccnc3C)nc3ccc(OC)nc3n12. The Labute approximate surface area is 145 Å². The molecule has 4 heterocycles. The maximum atomic E-state index is 5.31. The van der Waals surface area contributed by atoms with Gasteiger partial charge < -0.3 is 4.74 Å². The van der Waals surface area contributed by atoms with Crippen LogP contribution in [0.3, 0.4) is 0 Å². The van der Waals surface area contributed by atoms with Crippen LogP contribution in [-0.2, 0) is 6.42 Å². The van der Waals surface area contributed by atoms with E-state index in [0.29, 0.717) is 5.88 Å². The third kappa shape index (κ3) is 2.34. The zero-order chi connectivity index (χ0) is 17.6. The minimum absolute atomic E-state index is 0.566. The van der Waals surface area contributed by atoms with E-state index >= 15 is 0 Å². The molecule has 0 bridgehead atoms. The first-order valence-corrected chi connectivity index (χ1v) is 8.37. The number of pyridine rings is 1. The van der Waals surface area contributed by atoms with E-state index in [-0.39, 0.29) is 0 Å². The lowest BCUT2D eigenvalue weighted by atomic mass is 10.3. The molecule has 0 aliphatic heterocycles. The predicted molar refractivity (Wildman–Crippen MR) is 95.4 cm³/mol. The maximum Gasteiger partial charge on any atom is 0.215 e. The summed E-state index contributed by atoms with van der Waals surface area (Å²) < 4.78 is 9.41. The number of hydrogen-bond acceptors (Lipinski definition) is 5. The normalized spacial score (nSPS) is 11.5. The van der Waals surface area contributed by atoms with Crippen molar-refractivity contribution in [3.63, 3.8) is 0 Å². The molecule has 4 aromatic rings. The fourth-order valence-corrected chi connectivity index (χ4v) is 3.19. The van der Waals surface area contributed by atoms with E-state index in [1.807, 2.05) is 36.7 Å². The average molecular weight is 336 g/mol. The van der Waals surface area contributed by atoms with Gasteiger partial charge >= 0.3 is 0 Å². The molecule has 0 fully saturated rings. The molecule has 4 aromatic heterocycles. The van der Waals surface area contributed by atoms with Crippen LogP contribution in [0.1, 0.15) is 30.7 Å². The predicted octanol–water partition coefficient (Wildman–Crippen LogP) is 3.04. The Kier molecular flexibility index (Phi) is 3.63. The first kappa shape index (κ1) is 15.6. The summed E-state index contributed by atoms with van der Waals surface area (Å²) in [6.45, 7) is 6.12. The van der Waals surface area contributed by atoms with Crippen molar-refractivity contribution in [1.29, 1.82) is 0 Å². The average Bonchev–Trinajstić information content (AvgIpc) is 3.18. The van der Waals surface area contributed by atoms with Crippen molar-refractivity contribution in [3.05, 3.63) is 41.9 Å². The van der Waals surface area contributed by atoms with Gasteiger partial charge in [0.05, 0.1) is 12.8 Å². The molecule has 0 aliphatic carbocycles. The summed E-state index contributed by atoms with van der Waals surface area (Å²) in [5.74, 6) is 3.26. The van der Waals surface area contributed by atoms with Crippen molar-refractivity contribution >= 4 is 16.7 Å². The van der Waals surface area contributed by atoms with E-state index in [1.165, 1.54) is 0 Å². The summed E-state index contributed by atoms with van der Waals surface area (Å²) in [6, 6.07) is 3.76. The fraction of sp³-hybridized carbons (Fsp3) is 0.333. The van der Waals surface area contributed by atoms with Crippen LogP contribution >= 0.6 is 0 Å². The maximum absolute atomic E-state index is 5.31. The van der Waals surface area contributed by atoms with Gasteiger partial charge in [0.15, 0.2) is 11.5 Å². The van der Waals surface area contributed by atoms with E-state index in [0.717, 1.165) is 52.7 Å². The molecular weight excluding hydrogens is 316 g/mol. The van der Waals surface area contributed by atoms with Crippen LogP contribution in [0.5, 0.6) is 5.88 Å². The fourth-order valence-electron chi connectivity index (χ4n) is 3.19. The van der Waals surface area contributed by atoms with Gasteiger partial charge in [0.2, 0.25) is 5.88 Å². The van der Waals surface area contributed by atoms with Crippen LogP contribution in [-0.4, -0.2) is 36.0 Å². The largest absolute Gasteiger partial charge is 0.481 e. The molecule has 0 aliphatic rings. The van der Waals surface area contributed by atoms with Crippen LogP contribution in [0.4, 0.5) is 0 Å². The highest BCUT2D eigenvalue weighted by atomic mass is 16.5. The molecule has 0 aromatic carbocycles. The molecule has 4 rings (SSSR count). The first-order chi connectivity index (χ1) is 12.1. The molecule has 128 valence electrons. The van der Waals surface area contributed by atoms with Crippen LogP contribution in [0.2, 0.25) is 0 Å². The molecule has 0 spiro atoms. The Morgan fingerprint density at radius 3 is 2.64 bits per heavy atom. The second kappa shape index (κ2) is 5.84. The minimum atomic E-state index is 0.566. The molecule has 0 unspecified atom stereocenters. The van der Waals surface area contributed by atoms with E-state index in [9.17, 15) is 0 Å². The summed E-state index contributed by atoms with van der Waals surface area (Å²) >= 11 is 0. The number of aryl methyl sites for hydroxylation is 3. The highest BCUT2D eigenvalue weighted by molar-refractivity contribution is 5.81. The van der Waals surface area contributed by atoms with Crippen molar-refractivity contribution < 1.29 is 4.74 Å². The van der Waals surface area contributed by atoms with Crippen molar-refractivity contribution in [2.75, 3.05) is 7.11 Å². The number of fused-ring (bicyclic) bond motifs is 3. The van der Waals surface area contributed by atoms with Crippen LogP contribution in [0.25, 0.3) is 22.5 Å². The summed E-state index contributed by atoms with van der Waals surface area (Å²) in [4.78, 5) is 18.6. The summed E-state index contributed by atoms with van der Waals surface area (Å²) in [7, 11) is 1.62. The second-order valence-electron chi connectivity index (χ2n) is 6.02. The van der Waals surface area contributed by atoms with Gasteiger partial charge in [-0.1, -0.05) is 6.92 Å². The van der Waals surface area contributed by atoms with Crippen LogP contribution in [0.15, 0.2) is 24.5 Å². The van der Waals surface area contributed by atoms with E-state index in [4.69, 9.17) is 14.7 Å². The lowest BCUT2D eigenvalue weighted by Crippen LogP contribution is -2.07. The minimum Gasteiger partial charge on any atom is -0.481 e. The molecule has 25 heavy (non-hydrogen) atoms. The highest BCUT2D eigenvalue weighted by Gasteiger charge is 2.19. The zero-order valence-electron chi connectivity index (χ0n) is 14.8. The van der Waals surface area contributed by atoms with Gasteiger partial charge in [0, 0.05) is 24.9 Å². The Hall–Kier alpha value is -2.96. The number of rotatable bonds is 4. The number of imidazole rings is 2. The third-order valence-electron chi connectivity index (χ3n) is 4.34. The lowest BCUT2D eigenvalue weighted by molar-refractivity contribution is 0.399. The van der Waals surface area contributed by atoms with Gasteiger partial charge in [0.25, 0.3) is 0 Å². The van der Waals surface area contributed by atoms with Gasteiger partial charge in [-0.25, -0.2) is 15.0 Å². The molecule has 0 saturated carbocycles. The quantitative estimate of drug-likeness (QED) is 0.573. The first-order valence-electron chi connectivity index (χ1n) is 8.37. The number of hydrogen-bond donors (Lipinski definition) is 0. The monoisotopic (exact) mass is 336 g/mol. The van der Waals surface area contributed by atoms with Gasteiger partial charge in [-0.3, -0.25) is 8.97 Å². The van der Waals surface area contributed by atoms with Gasteiger partial charge in [-0.15, -0.1) is 0 Å². The molecule has 7 heteroatoms. The summed E-state index contributed by atoms with van der Waals surface area (Å²) in [5, 5.41) is 0. The van der Waals surface area contributed by atoms with Crippen molar-refractivity contribution in [2.45, 2.75) is 33.6 Å². The molecule has 0 radical (unpaired) electrons. The lowest BCUT2D eigenvalue weighted by Gasteiger charge is -2.12. The molecule has 7 nitrogen and oxygen atoms in total. The number of aromatic nitrogens is 6. The van der Waals surface area contributed by atoms with Gasteiger partial charge in [-0.2, -0.15) is 4.98 Å². The van der Waals surface area contributed by atoms with E-state index < -0.39 is 0 Å².